The van der Waals surface area contributed by atoms with Crippen LogP contribution in [0.4, 0.5) is 14.6 Å². The first-order valence-electron chi connectivity index (χ1n) is 10.8. The van der Waals surface area contributed by atoms with Crippen LogP contribution in [0, 0.1) is 11.6 Å². The first-order chi connectivity index (χ1) is 16.0. The standard InChI is InChI=1S/C24H22F2N6O/c25-18-9-3-2-7-15(18)14-32-21-16(8-6-10-19(21)26)20(30-32)23-28-13-17(22(27)29-23)24(33)31-11-4-1-5-12-31/h2-3,6-10,13H,1,4-5,11-12,14H2,(H2,27,28,29). The van der Waals surface area contributed by atoms with Gasteiger partial charge in [0.05, 0.1) is 6.54 Å². The minimum absolute atomic E-state index is 0.0329. The van der Waals surface area contributed by atoms with Gasteiger partial charge >= 0.3 is 0 Å². The van der Waals surface area contributed by atoms with Crippen LogP contribution in [-0.4, -0.2) is 43.6 Å². The Balaban J connectivity index is 1.55. The van der Waals surface area contributed by atoms with Crippen molar-refractivity contribution in [1.29, 1.82) is 0 Å². The van der Waals surface area contributed by atoms with Crippen molar-refractivity contribution in [2.24, 2.45) is 0 Å². The number of hydrogen-bond donors (Lipinski definition) is 1. The smallest absolute Gasteiger partial charge is 0.259 e. The molecule has 4 aromatic rings. The molecule has 33 heavy (non-hydrogen) atoms. The fraction of sp³-hybridized carbons (Fsp3) is 0.250. The molecule has 2 aromatic carbocycles. The number of aromatic nitrogens is 4. The van der Waals surface area contributed by atoms with E-state index in [9.17, 15) is 13.6 Å². The second kappa shape index (κ2) is 8.57. The molecular formula is C24H22F2N6O. The summed E-state index contributed by atoms with van der Waals surface area (Å²) in [6.45, 7) is 1.40. The second-order valence-corrected chi connectivity index (χ2v) is 8.08. The summed E-state index contributed by atoms with van der Waals surface area (Å²) in [7, 11) is 0. The Morgan fingerprint density at radius 2 is 1.76 bits per heavy atom. The number of fused-ring (bicyclic) bond motifs is 1. The number of nitrogens with zero attached hydrogens (tertiary/aromatic N) is 5. The number of para-hydroxylation sites is 1. The molecule has 1 aliphatic heterocycles. The zero-order valence-electron chi connectivity index (χ0n) is 17.8. The van der Waals surface area contributed by atoms with Crippen LogP contribution in [0.1, 0.15) is 35.2 Å². The molecular weight excluding hydrogens is 426 g/mol. The molecule has 5 rings (SSSR count). The second-order valence-electron chi connectivity index (χ2n) is 8.08. The van der Waals surface area contributed by atoms with Gasteiger partial charge in [0, 0.05) is 30.2 Å². The molecule has 1 amide bonds. The van der Waals surface area contributed by atoms with Gasteiger partial charge in [-0.1, -0.05) is 30.3 Å². The fourth-order valence-electron chi connectivity index (χ4n) is 4.20. The zero-order valence-corrected chi connectivity index (χ0v) is 17.8. The van der Waals surface area contributed by atoms with Crippen LogP contribution < -0.4 is 5.73 Å². The number of rotatable bonds is 4. The fourth-order valence-corrected chi connectivity index (χ4v) is 4.20. The monoisotopic (exact) mass is 448 g/mol. The maximum atomic E-state index is 14.8. The van der Waals surface area contributed by atoms with Crippen LogP contribution >= 0.6 is 0 Å². The van der Waals surface area contributed by atoms with Crippen molar-refractivity contribution < 1.29 is 13.6 Å². The number of carbonyl (C=O) groups is 1. The normalized spacial score (nSPS) is 14.1. The molecule has 0 aliphatic carbocycles. The predicted octanol–water partition coefficient (Wildman–Crippen LogP) is 4.03. The van der Waals surface area contributed by atoms with Crippen LogP contribution in [0.15, 0.2) is 48.7 Å². The molecule has 0 saturated carbocycles. The number of anilines is 1. The number of benzene rings is 2. The molecule has 0 spiro atoms. The zero-order chi connectivity index (χ0) is 22.9. The molecule has 0 atom stereocenters. The van der Waals surface area contributed by atoms with Crippen molar-refractivity contribution in [3.05, 3.63) is 71.4 Å². The van der Waals surface area contributed by atoms with Crippen molar-refractivity contribution in [1.82, 2.24) is 24.6 Å². The van der Waals surface area contributed by atoms with Crippen LogP contribution in [-0.2, 0) is 6.54 Å². The first kappa shape index (κ1) is 21.0. The van der Waals surface area contributed by atoms with E-state index < -0.39 is 11.6 Å². The average Bonchev–Trinajstić information content (AvgIpc) is 3.20. The lowest BCUT2D eigenvalue weighted by Gasteiger charge is -2.26. The van der Waals surface area contributed by atoms with E-state index in [2.05, 4.69) is 15.1 Å². The third-order valence-corrected chi connectivity index (χ3v) is 5.90. The van der Waals surface area contributed by atoms with E-state index in [0.29, 0.717) is 29.7 Å². The van der Waals surface area contributed by atoms with Crippen molar-refractivity contribution in [3.8, 4) is 11.5 Å². The third-order valence-electron chi connectivity index (χ3n) is 5.90. The van der Waals surface area contributed by atoms with Gasteiger partial charge in [0.15, 0.2) is 5.82 Å². The number of likely N-dealkylation sites (tertiary alicyclic amines) is 1. The van der Waals surface area contributed by atoms with Crippen molar-refractivity contribution >= 4 is 22.6 Å². The third kappa shape index (κ3) is 3.90. The van der Waals surface area contributed by atoms with Gasteiger partial charge < -0.3 is 10.6 Å². The molecule has 3 heterocycles. The predicted molar refractivity (Wildman–Crippen MR) is 120 cm³/mol. The summed E-state index contributed by atoms with van der Waals surface area (Å²) in [5.41, 5.74) is 7.27. The number of hydrogen-bond acceptors (Lipinski definition) is 5. The van der Waals surface area contributed by atoms with E-state index in [1.165, 1.54) is 23.0 Å². The van der Waals surface area contributed by atoms with E-state index >= 15 is 0 Å². The van der Waals surface area contributed by atoms with Crippen LogP contribution in [0.25, 0.3) is 22.4 Å². The molecule has 1 saturated heterocycles. The lowest BCUT2D eigenvalue weighted by molar-refractivity contribution is 0.0724. The van der Waals surface area contributed by atoms with Crippen molar-refractivity contribution in [3.63, 3.8) is 0 Å². The summed E-state index contributed by atoms with van der Waals surface area (Å²) in [6, 6.07) is 10.9. The van der Waals surface area contributed by atoms with E-state index in [1.54, 1.807) is 35.2 Å². The Kier molecular flexibility index (Phi) is 5.45. The number of amides is 1. The quantitative estimate of drug-likeness (QED) is 0.509. The van der Waals surface area contributed by atoms with Crippen LogP contribution in [0.2, 0.25) is 0 Å². The Hall–Kier alpha value is -3.88. The average molecular weight is 448 g/mol. The summed E-state index contributed by atoms with van der Waals surface area (Å²) < 4.78 is 30.4. The summed E-state index contributed by atoms with van der Waals surface area (Å²) in [5.74, 6) is -0.873. The molecule has 7 nitrogen and oxygen atoms in total. The molecule has 0 radical (unpaired) electrons. The number of nitrogen functional groups attached to an aromatic ring is 1. The Morgan fingerprint density at radius 1 is 1.00 bits per heavy atom. The highest BCUT2D eigenvalue weighted by Gasteiger charge is 2.23. The summed E-state index contributed by atoms with van der Waals surface area (Å²) in [5, 5.41) is 4.97. The Bertz CT molecular complexity index is 1350. The molecule has 2 aromatic heterocycles. The van der Waals surface area contributed by atoms with Crippen molar-refractivity contribution in [2.75, 3.05) is 18.8 Å². The van der Waals surface area contributed by atoms with Gasteiger partial charge in [-0.05, 0) is 31.4 Å². The minimum Gasteiger partial charge on any atom is -0.383 e. The molecule has 0 bridgehead atoms. The van der Waals surface area contributed by atoms with Gasteiger partial charge in [0.2, 0.25) is 0 Å². The number of nitrogens with two attached hydrogens (primary N) is 1. The van der Waals surface area contributed by atoms with Crippen LogP contribution in [0.3, 0.4) is 0 Å². The highest BCUT2D eigenvalue weighted by molar-refractivity contribution is 5.99. The largest absolute Gasteiger partial charge is 0.383 e. The van der Waals surface area contributed by atoms with Gasteiger partial charge in [-0.15, -0.1) is 0 Å². The van der Waals surface area contributed by atoms with E-state index in [1.807, 2.05) is 0 Å². The number of carbonyl (C=O) groups excluding carboxylic acids is 1. The number of piperidine rings is 1. The highest BCUT2D eigenvalue weighted by Crippen LogP contribution is 2.29. The van der Waals surface area contributed by atoms with E-state index in [0.717, 1.165) is 19.3 Å². The minimum atomic E-state index is -0.493. The van der Waals surface area contributed by atoms with Gasteiger partial charge in [-0.3, -0.25) is 9.48 Å². The molecule has 0 unspecified atom stereocenters. The van der Waals surface area contributed by atoms with Crippen LogP contribution in [0.5, 0.6) is 0 Å². The molecule has 168 valence electrons. The molecule has 1 aliphatic rings. The summed E-state index contributed by atoms with van der Waals surface area (Å²) in [6.07, 6.45) is 4.42. The lowest BCUT2D eigenvalue weighted by atomic mass is 10.1. The van der Waals surface area contributed by atoms with E-state index in [4.69, 9.17) is 5.73 Å². The first-order valence-corrected chi connectivity index (χ1v) is 10.8. The van der Waals surface area contributed by atoms with Gasteiger partial charge in [-0.25, -0.2) is 18.7 Å². The molecule has 2 N–H and O–H groups in total. The lowest BCUT2D eigenvalue weighted by Crippen LogP contribution is -2.36. The SMILES string of the molecule is Nc1nc(-c2nn(Cc3ccccc3F)c3c(F)cccc23)ncc1C(=O)N1CCCCC1. The van der Waals surface area contributed by atoms with Gasteiger partial charge in [0.25, 0.3) is 5.91 Å². The van der Waals surface area contributed by atoms with Gasteiger partial charge in [-0.2, -0.15) is 5.10 Å². The summed E-state index contributed by atoms with van der Waals surface area (Å²) in [4.78, 5) is 23.2. The topological polar surface area (TPSA) is 89.9 Å². The molecule has 9 heteroatoms. The Morgan fingerprint density at radius 3 is 2.52 bits per heavy atom. The van der Waals surface area contributed by atoms with Gasteiger partial charge in [0.1, 0.15) is 34.2 Å². The van der Waals surface area contributed by atoms with Crippen molar-refractivity contribution in [2.45, 2.75) is 25.8 Å². The number of halogens is 2. The molecule has 1 fully saturated rings. The Labute approximate surface area is 188 Å². The summed E-state index contributed by atoms with van der Waals surface area (Å²) >= 11 is 0. The highest BCUT2D eigenvalue weighted by atomic mass is 19.1. The maximum absolute atomic E-state index is 14.8. The van der Waals surface area contributed by atoms with E-state index in [-0.39, 0.29) is 35.2 Å². The maximum Gasteiger partial charge on any atom is 0.259 e.